The molecule has 2 atom stereocenters. The molecule has 2 aromatic carbocycles. The van der Waals surface area contributed by atoms with Gasteiger partial charge in [-0.1, -0.05) is 30.3 Å². The fourth-order valence-corrected chi connectivity index (χ4v) is 2.81. The molecule has 0 radical (unpaired) electrons. The van der Waals surface area contributed by atoms with Crippen LogP contribution < -0.4 is 14.9 Å². The minimum absolute atomic E-state index is 0.0320. The number of methoxy groups -OCH3 is 1. The molecule has 26 heavy (non-hydrogen) atoms. The van der Waals surface area contributed by atoms with Crippen molar-refractivity contribution in [2.45, 2.75) is 19.3 Å². The molecule has 0 aliphatic heterocycles. The Balaban J connectivity index is 1.57. The zero-order valence-corrected chi connectivity index (χ0v) is 14.6. The van der Waals surface area contributed by atoms with Gasteiger partial charge in [0, 0.05) is 12.8 Å². The van der Waals surface area contributed by atoms with Crippen molar-refractivity contribution in [3.05, 3.63) is 59.7 Å². The summed E-state index contributed by atoms with van der Waals surface area (Å²) in [5, 5.41) is 4.01. The number of carbonyl (C=O) groups is 2. The van der Waals surface area contributed by atoms with Gasteiger partial charge in [0.1, 0.15) is 0 Å². The molecule has 0 heterocycles. The lowest BCUT2D eigenvalue weighted by molar-refractivity contribution is -0.132. The summed E-state index contributed by atoms with van der Waals surface area (Å²) in [5.41, 5.74) is 4.48. The highest BCUT2D eigenvalue weighted by atomic mass is 16.6. The van der Waals surface area contributed by atoms with Crippen molar-refractivity contribution in [2.75, 3.05) is 7.11 Å². The molecule has 6 nitrogen and oxygen atoms in total. The van der Waals surface area contributed by atoms with Gasteiger partial charge in [0.15, 0.2) is 11.5 Å². The lowest BCUT2D eigenvalue weighted by Gasteiger charge is -2.08. The van der Waals surface area contributed by atoms with E-state index in [0.717, 1.165) is 6.42 Å². The number of hydrogen-bond donors (Lipinski definition) is 1. The van der Waals surface area contributed by atoms with Crippen molar-refractivity contribution in [1.29, 1.82) is 0 Å². The number of hydrazone groups is 1. The molecule has 1 saturated carbocycles. The normalized spacial score (nSPS) is 18.4. The topological polar surface area (TPSA) is 77.0 Å². The summed E-state index contributed by atoms with van der Waals surface area (Å²) >= 11 is 0. The first-order valence-electron chi connectivity index (χ1n) is 8.33. The van der Waals surface area contributed by atoms with Crippen molar-refractivity contribution in [1.82, 2.24) is 5.43 Å². The number of ether oxygens (including phenoxy) is 2. The summed E-state index contributed by atoms with van der Waals surface area (Å²) in [6, 6.07) is 15.0. The molecule has 2 aromatic rings. The van der Waals surface area contributed by atoms with Crippen molar-refractivity contribution in [3.63, 3.8) is 0 Å². The highest BCUT2D eigenvalue weighted by Gasteiger charge is 2.43. The Kier molecular flexibility index (Phi) is 5.31. The first kappa shape index (κ1) is 17.7. The van der Waals surface area contributed by atoms with Gasteiger partial charge in [-0.3, -0.25) is 9.59 Å². The summed E-state index contributed by atoms with van der Waals surface area (Å²) in [4.78, 5) is 23.2. The lowest BCUT2D eigenvalue weighted by atomic mass is 10.1. The first-order chi connectivity index (χ1) is 12.6. The van der Waals surface area contributed by atoms with E-state index in [1.807, 2.05) is 30.3 Å². The summed E-state index contributed by atoms with van der Waals surface area (Å²) in [6.45, 7) is 1.32. The van der Waals surface area contributed by atoms with Gasteiger partial charge >= 0.3 is 5.97 Å². The zero-order chi connectivity index (χ0) is 18.5. The van der Waals surface area contributed by atoms with E-state index in [-0.39, 0.29) is 17.7 Å². The van der Waals surface area contributed by atoms with Crippen LogP contribution in [-0.4, -0.2) is 25.2 Å². The summed E-state index contributed by atoms with van der Waals surface area (Å²) in [7, 11) is 1.49. The van der Waals surface area contributed by atoms with E-state index in [2.05, 4.69) is 10.5 Å². The number of rotatable bonds is 6. The van der Waals surface area contributed by atoms with Gasteiger partial charge in [-0.05, 0) is 41.7 Å². The van der Waals surface area contributed by atoms with Crippen LogP contribution in [0.25, 0.3) is 0 Å². The van der Waals surface area contributed by atoms with Gasteiger partial charge in [-0.25, -0.2) is 5.43 Å². The standard InChI is InChI=1S/C20H20N2O4/c1-13(23)26-18-9-8-14(10-19(18)25-2)12-21-22-20(24)17-11-16(17)15-6-4-3-5-7-15/h3-10,12,16-17H,11H2,1-2H3,(H,22,24)/b21-12+. The molecular formula is C20H20N2O4. The second kappa shape index (κ2) is 7.82. The van der Waals surface area contributed by atoms with Gasteiger partial charge in [0.05, 0.1) is 13.3 Å². The quantitative estimate of drug-likeness (QED) is 0.375. The molecule has 1 N–H and O–H groups in total. The Morgan fingerprint density at radius 3 is 2.62 bits per heavy atom. The average molecular weight is 352 g/mol. The van der Waals surface area contributed by atoms with Crippen molar-refractivity contribution in [3.8, 4) is 11.5 Å². The zero-order valence-electron chi connectivity index (χ0n) is 14.6. The monoisotopic (exact) mass is 352 g/mol. The average Bonchev–Trinajstić information content (AvgIpc) is 3.44. The van der Waals surface area contributed by atoms with Crippen molar-refractivity contribution in [2.24, 2.45) is 11.0 Å². The molecular weight excluding hydrogens is 332 g/mol. The maximum absolute atomic E-state index is 12.2. The SMILES string of the molecule is COc1cc(/C=N/NC(=O)C2CC2c2ccccc2)ccc1OC(C)=O. The maximum atomic E-state index is 12.2. The maximum Gasteiger partial charge on any atom is 0.308 e. The van der Waals surface area contributed by atoms with E-state index in [9.17, 15) is 9.59 Å². The van der Waals surface area contributed by atoms with E-state index in [1.165, 1.54) is 25.8 Å². The van der Waals surface area contributed by atoms with Crippen molar-refractivity contribution >= 4 is 18.1 Å². The molecule has 1 fully saturated rings. The smallest absolute Gasteiger partial charge is 0.308 e. The molecule has 0 saturated heterocycles. The largest absolute Gasteiger partial charge is 0.493 e. The number of hydrogen-bond acceptors (Lipinski definition) is 5. The van der Waals surface area contributed by atoms with Crippen LogP contribution in [-0.2, 0) is 9.59 Å². The van der Waals surface area contributed by atoms with Crippen LogP contribution in [0.4, 0.5) is 0 Å². The summed E-state index contributed by atoms with van der Waals surface area (Å²) in [6.07, 6.45) is 2.37. The van der Waals surface area contributed by atoms with Crippen LogP contribution in [0.2, 0.25) is 0 Å². The van der Waals surface area contributed by atoms with Crippen molar-refractivity contribution < 1.29 is 19.1 Å². The number of benzene rings is 2. The van der Waals surface area contributed by atoms with E-state index in [4.69, 9.17) is 9.47 Å². The lowest BCUT2D eigenvalue weighted by Crippen LogP contribution is -2.20. The third-order valence-electron chi connectivity index (χ3n) is 4.18. The predicted octanol–water partition coefficient (Wildman–Crippen LogP) is 2.87. The van der Waals surface area contributed by atoms with E-state index in [0.29, 0.717) is 17.1 Å². The second-order valence-corrected chi connectivity index (χ2v) is 6.10. The number of nitrogens with one attached hydrogen (secondary N) is 1. The summed E-state index contributed by atoms with van der Waals surface area (Å²) < 4.78 is 10.2. The molecule has 2 unspecified atom stereocenters. The first-order valence-corrected chi connectivity index (χ1v) is 8.33. The summed E-state index contributed by atoms with van der Waals surface area (Å²) in [5.74, 6) is 0.490. The third kappa shape index (κ3) is 4.27. The van der Waals surface area contributed by atoms with Gasteiger partial charge in [0.2, 0.25) is 5.91 Å². The Hall–Kier alpha value is -3.15. The number of esters is 1. The predicted molar refractivity (Wildman–Crippen MR) is 97.3 cm³/mol. The highest BCUT2D eigenvalue weighted by Crippen LogP contribution is 2.47. The number of nitrogens with zero attached hydrogens (tertiary/aromatic N) is 1. The van der Waals surface area contributed by atoms with Crippen LogP contribution in [0.15, 0.2) is 53.6 Å². The van der Waals surface area contributed by atoms with Crippen LogP contribution in [0.3, 0.4) is 0 Å². The van der Waals surface area contributed by atoms with Crippen LogP contribution in [0.1, 0.15) is 30.4 Å². The van der Waals surface area contributed by atoms with Gasteiger partial charge in [0.25, 0.3) is 0 Å². The van der Waals surface area contributed by atoms with Gasteiger partial charge in [-0.2, -0.15) is 5.10 Å². The second-order valence-electron chi connectivity index (χ2n) is 6.10. The Labute approximate surface area is 151 Å². The molecule has 0 bridgehead atoms. The third-order valence-corrected chi connectivity index (χ3v) is 4.18. The molecule has 0 aromatic heterocycles. The number of amides is 1. The molecule has 0 spiro atoms. The molecule has 6 heteroatoms. The van der Waals surface area contributed by atoms with Crippen LogP contribution in [0, 0.1) is 5.92 Å². The van der Waals surface area contributed by atoms with Gasteiger partial charge < -0.3 is 9.47 Å². The van der Waals surface area contributed by atoms with Crippen LogP contribution >= 0.6 is 0 Å². The molecule has 3 rings (SSSR count). The molecule has 134 valence electrons. The number of carbonyl (C=O) groups excluding carboxylic acids is 2. The Morgan fingerprint density at radius 1 is 1.15 bits per heavy atom. The molecule has 1 aliphatic rings. The fraction of sp³-hybridized carbons (Fsp3) is 0.250. The van der Waals surface area contributed by atoms with E-state index >= 15 is 0 Å². The Morgan fingerprint density at radius 2 is 1.92 bits per heavy atom. The highest BCUT2D eigenvalue weighted by molar-refractivity contribution is 5.86. The molecule has 1 amide bonds. The minimum atomic E-state index is -0.422. The van der Waals surface area contributed by atoms with Crippen LogP contribution in [0.5, 0.6) is 11.5 Å². The molecule has 1 aliphatic carbocycles. The Bertz CT molecular complexity index is 833. The van der Waals surface area contributed by atoms with E-state index < -0.39 is 5.97 Å². The minimum Gasteiger partial charge on any atom is -0.493 e. The van der Waals surface area contributed by atoms with Gasteiger partial charge in [-0.15, -0.1) is 0 Å². The fourth-order valence-electron chi connectivity index (χ4n) is 2.81. The van der Waals surface area contributed by atoms with E-state index in [1.54, 1.807) is 18.2 Å².